The highest BCUT2D eigenvalue weighted by atomic mass is 16.5. The monoisotopic (exact) mass is 220 g/mol. The quantitative estimate of drug-likeness (QED) is 0.848. The molecule has 2 nitrogen and oxygen atoms in total. The lowest BCUT2D eigenvalue weighted by Gasteiger charge is -2.26. The van der Waals surface area contributed by atoms with E-state index in [4.69, 9.17) is 4.74 Å². The fraction of sp³-hybridized carbons (Fsp3) is 0.571. The van der Waals surface area contributed by atoms with Crippen LogP contribution in [0.4, 0.5) is 0 Å². The molecule has 0 aliphatic heterocycles. The highest BCUT2D eigenvalue weighted by Crippen LogP contribution is 2.33. The van der Waals surface area contributed by atoms with Crippen LogP contribution in [-0.4, -0.2) is 17.8 Å². The fourth-order valence-corrected chi connectivity index (χ4v) is 2.47. The van der Waals surface area contributed by atoms with E-state index in [9.17, 15) is 5.11 Å². The van der Waals surface area contributed by atoms with Crippen LogP contribution in [0.15, 0.2) is 24.3 Å². The van der Waals surface area contributed by atoms with Crippen molar-refractivity contribution in [2.45, 2.75) is 44.6 Å². The Kier molecular flexibility index (Phi) is 3.83. The van der Waals surface area contributed by atoms with Crippen molar-refractivity contribution in [1.29, 1.82) is 0 Å². The Morgan fingerprint density at radius 1 is 1.25 bits per heavy atom. The number of ether oxygens (including phenoxy) is 1. The van der Waals surface area contributed by atoms with E-state index in [2.05, 4.69) is 12.1 Å². The molecule has 1 aromatic rings. The summed E-state index contributed by atoms with van der Waals surface area (Å²) in [5.41, 5.74) is 1.34. The van der Waals surface area contributed by atoms with Gasteiger partial charge in [-0.3, -0.25) is 0 Å². The minimum atomic E-state index is -0.106. The molecule has 0 amide bonds. The van der Waals surface area contributed by atoms with Crippen LogP contribution in [0.5, 0.6) is 5.75 Å². The Hall–Kier alpha value is -1.02. The van der Waals surface area contributed by atoms with Crippen LogP contribution in [-0.2, 0) is 0 Å². The smallest absolute Gasteiger partial charge is 0.119 e. The number of rotatable bonds is 3. The van der Waals surface area contributed by atoms with Gasteiger partial charge in [0.15, 0.2) is 0 Å². The average Bonchev–Trinajstić information content (AvgIpc) is 2.30. The zero-order valence-corrected chi connectivity index (χ0v) is 9.86. The Labute approximate surface area is 97.3 Å². The summed E-state index contributed by atoms with van der Waals surface area (Å²) in [4.78, 5) is 0. The van der Waals surface area contributed by atoms with Crippen molar-refractivity contribution in [3.05, 3.63) is 29.8 Å². The number of benzene rings is 1. The second-order valence-corrected chi connectivity index (χ2v) is 4.52. The summed E-state index contributed by atoms with van der Waals surface area (Å²) < 4.78 is 5.42. The van der Waals surface area contributed by atoms with Crippen molar-refractivity contribution in [1.82, 2.24) is 0 Å². The van der Waals surface area contributed by atoms with Gasteiger partial charge < -0.3 is 9.84 Å². The molecule has 0 bridgehead atoms. The minimum absolute atomic E-state index is 0.106. The van der Waals surface area contributed by atoms with Gasteiger partial charge in [-0.1, -0.05) is 18.6 Å². The lowest BCUT2D eigenvalue weighted by molar-refractivity contribution is 0.119. The van der Waals surface area contributed by atoms with Crippen LogP contribution in [0.3, 0.4) is 0 Å². The number of aliphatic hydroxyl groups excluding tert-OH is 1. The third-order valence-corrected chi connectivity index (χ3v) is 3.31. The number of aliphatic hydroxyl groups is 1. The lowest BCUT2D eigenvalue weighted by Crippen LogP contribution is -2.18. The van der Waals surface area contributed by atoms with Crippen LogP contribution < -0.4 is 4.74 Å². The van der Waals surface area contributed by atoms with Gasteiger partial charge in [0.05, 0.1) is 12.7 Å². The van der Waals surface area contributed by atoms with Crippen molar-refractivity contribution in [2.24, 2.45) is 0 Å². The number of hydrogen-bond acceptors (Lipinski definition) is 2. The molecule has 1 aliphatic rings. The lowest BCUT2D eigenvalue weighted by atomic mass is 9.82. The Balaban J connectivity index is 2.03. The van der Waals surface area contributed by atoms with Crippen LogP contribution in [0.1, 0.15) is 44.1 Å². The molecule has 1 N–H and O–H groups in total. The van der Waals surface area contributed by atoms with Crippen LogP contribution in [0.2, 0.25) is 0 Å². The molecule has 2 atom stereocenters. The molecule has 1 aliphatic carbocycles. The second-order valence-electron chi connectivity index (χ2n) is 4.52. The highest BCUT2D eigenvalue weighted by molar-refractivity contribution is 5.29. The van der Waals surface area contributed by atoms with E-state index in [1.807, 2.05) is 19.1 Å². The van der Waals surface area contributed by atoms with Crippen LogP contribution in [0, 0.1) is 0 Å². The van der Waals surface area contributed by atoms with E-state index >= 15 is 0 Å². The summed E-state index contributed by atoms with van der Waals surface area (Å²) in [7, 11) is 0. The zero-order chi connectivity index (χ0) is 11.4. The topological polar surface area (TPSA) is 29.5 Å². The molecule has 0 aromatic heterocycles. The molecule has 0 heterocycles. The van der Waals surface area contributed by atoms with Gasteiger partial charge in [-0.2, -0.15) is 0 Å². The average molecular weight is 220 g/mol. The second kappa shape index (κ2) is 5.35. The molecule has 88 valence electrons. The van der Waals surface area contributed by atoms with Gasteiger partial charge in [-0.15, -0.1) is 0 Å². The maximum Gasteiger partial charge on any atom is 0.119 e. The van der Waals surface area contributed by atoms with Gasteiger partial charge in [0.2, 0.25) is 0 Å². The highest BCUT2D eigenvalue weighted by Gasteiger charge is 2.21. The molecular formula is C14H20O2. The molecule has 1 saturated carbocycles. The molecular weight excluding hydrogens is 200 g/mol. The molecule has 2 rings (SSSR count). The fourth-order valence-electron chi connectivity index (χ4n) is 2.47. The Bertz CT molecular complexity index is 318. The molecule has 1 aromatic carbocycles. The van der Waals surface area contributed by atoms with Crippen LogP contribution >= 0.6 is 0 Å². The normalized spacial score (nSPS) is 25.4. The predicted octanol–water partition coefficient (Wildman–Crippen LogP) is 3.10. The first-order valence-electron chi connectivity index (χ1n) is 6.20. The Morgan fingerprint density at radius 2 is 2.00 bits per heavy atom. The standard InChI is InChI=1S/C14H20O2/c1-2-16-14-8-6-11(7-9-14)12-4-3-5-13(15)10-12/h6-9,12-13,15H,2-5,10H2,1H3. The predicted molar refractivity (Wildman–Crippen MR) is 64.8 cm³/mol. The summed E-state index contributed by atoms with van der Waals surface area (Å²) in [6.07, 6.45) is 4.11. The van der Waals surface area contributed by atoms with E-state index in [-0.39, 0.29) is 6.10 Å². The maximum absolute atomic E-state index is 9.66. The van der Waals surface area contributed by atoms with E-state index in [1.54, 1.807) is 0 Å². The molecule has 2 heteroatoms. The minimum Gasteiger partial charge on any atom is -0.494 e. The Morgan fingerprint density at radius 3 is 2.62 bits per heavy atom. The van der Waals surface area contributed by atoms with Crippen molar-refractivity contribution < 1.29 is 9.84 Å². The summed E-state index contributed by atoms with van der Waals surface area (Å²) in [6, 6.07) is 8.32. The van der Waals surface area contributed by atoms with Gasteiger partial charge in [0, 0.05) is 0 Å². The SMILES string of the molecule is CCOc1ccc(C2CCCC(O)C2)cc1. The summed E-state index contributed by atoms with van der Waals surface area (Å²) >= 11 is 0. The van der Waals surface area contributed by atoms with Gasteiger partial charge in [-0.05, 0) is 49.8 Å². The van der Waals surface area contributed by atoms with Gasteiger partial charge >= 0.3 is 0 Å². The maximum atomic E-state index is 9.66. The third-order valence-electron chi connectivity index (χ3n) is 3.31. The molecule has 2 unspecified atom stereocenters. The van der Waals surface area contributed by atoms with E-state index in [1.165, 1.54) is 12.0 Å². The van der Waals surface area contributed by atoms with Crippen molar-refractivity contribution >= 4 is 0 Å². The van der Waals surface area contributed by atoms with Crippen molar-refractivity contribution in [3.63, 3.8) is 0 Å². The van der Waals surface area contributed by atoms with E-state index in [0.29, 0.717) is 12.5 Å². The van der Waals surface area contributed by atoms with Crippen molar-refractivity contribution in [2.75, 3.05) is 6.61 Å². The van der Waals surface area contributed by atoms with E-state index < -0.39 is 0 Å². The first-order valence-corrected chi connectivity index (χ1v) is 6.20. The summed E-state index contributed by atoms with van der Waals surface area (Å²) in [5.74, 6) is 1.46. The molecule has 0 spiro atoms. The van der Waals surface area contributed by atoms with E-state index in [0.717, 1.165) is 25.0 Å². The first-order chi connectivity index (χ1) is 7.79. The van der Waals surface area contributed by atoms with Gasteiger partial charge in [0.1, 0.15) is 5.75 Å². The van der Waals surface area contributed by atoms with Crippen LogP contribution in [0.25, 0.3) is 0 Å². The summed E-state index contributed by atoms with van der Waals surface area (Å²) in [5, 5.41) is 9.66. The zero-order valence-electron chi connectivity index (χ0n) is 9.86. The summed E-state index contributed by atoms with van der Waals surface area (Å²) in [6.45, 7) is 2.70. The van der Waals surface area contributed by atoms with Gasteiger partial charge in [0.25, 0.3) is 0 Å². The molecule has 16 heavy (non-hydrogen) atoms. The molecule has 1 fully saturated rings. The molecule has 0 radical (unpaired) electrons. The molecule has 0 saturated heterocycles. The third kappa shape index (κ3) is 2.76. The largest absolute Gasteiger partial charge is 0.494 e. The number of hydrogen-bond donors (Lipinski definition) is 1. The van der Waals surface area contributed by atoms with Crippen molar-refractivity contribution in [3.8, 4) is 5.75 Å². The van der Waals surface area contributed by atoms with Gasteiger partial charge in [-0.25, -0.2) is 0 Å². The first kappa shape index (κ1) is 11.5.